The van der Waals surface area contributed by atoms with Gasteiger partial charge in [-0.1, -0.05) is 18.2 Å². The van der Waals surface area contributed by atoms with Crippen LogP contribution in [0.25, 0.3) is 10.2 Å². The van der Waals surface area contributed by atoms with Gasteiger partial charge in [-0.3, -0.25) is 4.98 Å². The molecule has 0 aliphatic heterocycles. The van der Waals surface area contributed by atoms with Crippen molar-refractivity contribution in [1.29, 1.82) is 0 Å². The van der Waals surface area contributed by atoms with E-state index in [2.05, 4.69) is 46.5 Å². The van der Waals surface area contributed by atoms with E-state index in [9.17, 15) is 0 Å². The second-order valence-corrected chi connectivity index (χ2v) is 5.56. The minimum Gasteiger partial charge on any atom is -0.384 e. The lowest BCUT2D eigenvalue weighted by molar-refractivity contribution is 1.00. The Kier molecular flexibility index (Phi) is 3.42. The van der Waals surface area contributed by atoms with Gasteiger partial charge in [0.25, 0.3) is 0 Å². The second-order valence-electron chi connectivity index (χ2n) is 4.44. The molecule has 1 aromatic carbocycles. The minimum atomic E-state index is 0.901. The average Bonchev–Trinajstić information content (AvgIpc) is 2.83. The van der Waals surface area contributed by atoms with Crippen LogP contribution in [0.4, 0.5) is 5.69 Å². The van der Waals surface area contributed by atoms with E-state index in [4.69, 9.17) is 0 Å². The summed E-state index contributed by atoms with van der Waals surface area (Å²) in [5.41, 5.74) is 3.47. The van der Waals surface area contributed by atoms with Crippen molar-refractivity contribution in [2.75, 3.05) is 11.9 Å². The number of nitrogens with one attached hydrogen (secondary N) is 1. The van der Waals surface area contributed by atoms with Crippen LogP contribution < -0.4 is 5.32 Å². The smallest absolute Gasteiger partial charge is 0.0998 e. The third-order valence-corrected chi connectivity index (χ3v) is 4.13. The summed E-state index contributed by atoms with van der Waals surface area (Å²) in [6.07, 6.45) is 4.58. The van der Waals surface area contributed by atoms with E-state index in [1.165, 1.54) is 16.0 Å². The molecule has 0 amide bonds. The molecule has 0 spiro atoms. The van der Waals surface area contributed by atoms with Crippen LogP contribution in [0.1, 0.15) is 10.6 Å². The number of thiazole rings is 1. The van der Waals surface area contributed by atoms with Crippen LogP contribution in [0.15, 0.2) is 42.7 Å². The highest BCUT2D eigenvalue weighted by Gasteiger charge is 2.03. The Morgan fingerprint density at radius 1 is 1.21 bits per heavy atom. The fourth-order valence-electron chi connectivity index (χ4n) is 2.01. The van der Waals surface area contributed by atoms with E-state index in [0.29, 0.717) is 0 Å². The van der Waals surface area contributed by atoms with Gasteiger partial charge in [0.15, 0.2) is 0 Å². The standard InChI is InChI=1S/C15H15N3S/c1-11-4-2-3-5-12(11)17-9-7-15-18-13-10-16-8-6-14(13)19-15/h2-6,8,10,17H,7,9H2,1H3. The number of benzene rings is 1. The van der Waals surface area contributed by atoms with Gasteiger partial charge in [0.05, 0.1) is 21.4 Å². The Hall–Kier alpha value is -1.94. The maximum Gasteiger partial charge on any atom is 0.0998 e. The van der Waals surface area contributed by atoms with Crippen molar-refractivity contribution in [3.8, 4) is 0 Å². The summed E-state index contributed by atoms with van der Waals surface area (Å²) in [5, 5.41) is 4.61. The number of anilines is 1. The van der Waals surface area contributed by atoms with Crippen molar-refractivity contribution in [3.05, 3.63) is 53.3 Å². The molecule has 19 heavy (non-hydrogen) atoms. The van der Waals surface area contributed by atoms with Crippen molar-refractivity contribution < 1.29 is 0 Å². The first-order valence-corrected chi connectivity index (χ1v) is 7.13. The summed E-state index contributed by atoms with van der Waals surface area (Å²) >= 11 is 1.75. The number of aromatic nitrogens is 2. The van der Waals surface area contributed by atoms with E-state index in [0.717, 1.165) is 23.5 Å². The SMILES string of the molecule is Cc1ccccc1NCCc1nc2cnccc2s1. The number of nitrogens with zero attached hydrogens (tertiary/aromatic N) is 2. The van der Waals surface area contributed by atoms with Crippen molar-refractivity contribution in [1.82, 2.24) is 9.97 Å². The summed E-state index contributed by atoms with van der Waals surface area (Å²) in [6.45, 7) is 3.02. The van der Waals surface area contributed by atoms with Gasteiger partial charge < -0.3 is 5.32 Å². The van der Waals surface area contributed by atoms with Gasteiger partial charge in [0.2, 0.25) is 0 Å². The Morgan fingerprint density at radius 2 is 2.11 bits per heavy atom. The van der Waals surface area contributed by atoms with Gasteiger partial charge in [-0.25, -0.2) is 4.98 Å². The number of para-hydroxylation sites is 1. The molecule has 3 rings (SSSR count). The zero-order valence-electron chi connectivity index (χ0n) is 10.8. The normalized spacial score (nSPS) is 10.8. The molecular formula is C15H15N3S. The van der Waals surface area contributed by atoms with Crippen molar-refractivity contribution in [2.24, 2.45) is 0 Å². The average molecular weight is 269 g/mol. The van der Waals surface area contributed by atoms with Crippen LogP contribution in [-0.2, 0) is 6.42 Å². The first-order valence-electron chi connectivity index (χ1n) is 6.32. The Labute approximate surface area is 116 Å². The monoisotopic (exact) mass is 269 g/mol. The first-order chi connectivity index (χ1) is 9.33. The molecule has 3 nitrogen and oxygen atoms in total. The highest BCUT2D eigenvalue weighted by molar-refractivity contribution is 7.18. The summed E-state index contributed by atoms with van der Waals surface area (Å²) in [6, 6.07) is 10.4. The molecule has 0 saturated heterocycles. The predicted octanol–water partition coefficient (Wildman–Crippen LogP) is 3.65. The number of aryl methyl sites for hydroxylation is 1. The lowest BCUT2D eigenvalue weighted by atomic mass is 10.2. The van der Waals surface area contributed by atoms with Gasteiger partial charge >= 0.3 is 0 Å². The molecule has 3 aromatic rings. The maximum atomic E-state index is 4.58. The summed E-state index contributed by atoms with van der Waals surface area (Å²) in [7, 11) is 0. The summed E-state index contributed by atoms with van der Waals surface area (Å²) in [4.78, 5) is 8.68. The Bertz CT molecular complexity index is 657. The first kappa shape index (κ1) is 12.1. The van der Waals surface area contributed by atoms with Crippen molar-refractivity contribution >= 4 is 27.2 Å². The highest BCUT2D eigenvalue weighted by Crippen LogP contribution is 2.21. The largest absolute Gasteiger partial charge is 0.384 e. The Morgan fingerprint density at radius 3 is 2.95 bits per heavy atom. The number of fused-ring (bicyclic) bond motifs is 1. The third kappa shape index (κ3) is 2.74. The molecule has 0 bridgehead atoms. The molecule has 0 fully saturated rings. The van der Waals surface area contributed by atoms with E-state index < -0.39 is 0 Å². The van der Waals surface area contributed by atoms with Crippen LogP contribution in [0.5, 0.6) is 0 Å². The molecule has 96 valence electrons. The number of hydrogen-bond donors (Lipinski definition) is 1. The number of rotatable bonds is 4. The van der Waals surface area contributed by atoms with Gasteiger partial charge in [-0.2, -0.15) is 0 Å². The lowest BCUT2D eigenvalue weighted by Crippen LogP contribution is -2.05. The van der Waals surface area contributed by atoms with Gasteiger partial charge in [-0.05, 0) is 24.6 Å². The topological polar surface area (TPSA) is 37.8 Å². The van der Waals surface area contributed by atoms with Gasteiger partial charge in [0, 0.05) is 24.8 Å². The molecule has 0 radical (unpaired) electrons. The van der Waals surface area contributed by atoms with Gasteiger partial charge in [-0.15, -0.1) is 11.3 Å². The zero-order chi connectivity index (χ0) is 13.1. The molecule has 0 atom stereocenters. The molecule has 0 saturated carbocycles. The quantitative estimate of drug-likeness (QED) is 0.785. The molecule has 1 N–H and O–H groups in total. The number of hydrogen-bond acceptors (Lipinski definition) is 4. The summed E-state index contributed by atoms with van der Waals surface area (Å²) < 4.78 is 1.21. The molecule has 0 unspecified atom stereocenters. The fraction of sp³-hybridized carbons (Fsp3) is 0.200. The summed E-state index contributed by atoms with van der Waals surface area (Å²) in [5.74, 6) is 0. The Balaban J connectivity index is 1.65. The van der Waals surface area contributed by atoms with Gasteiger partial charge in [0.1, 0.15) is 0 Å². The highest BCUT2D eigenvalue weighted by atomic mass is 32.1. The van der Waals surface area contributed by atoms with Crippen LogP contribution in [0.2, 0.25) is 0 Å². The van der Waals surface area contributed by atoms with Crippen LogP contribution in [0.3, 0.4) is 0 Å². The molecule has 0 aliphatic carbocycles. The predicted molar refractivity (Wildman–Crippen MR) is 80.8 cm³/mol. The molecule has 2 heterocycles. The van der Waals surface area contributed by atoms with E-state index >= 15 is 0 Å². The second kappa shape index (κ2) is 5.36. The van der Waals surface area contributed by atoms with Crippen LogP contribution in [0, 0.1) is 6.92 Å². The number of pyridine rings is 1. The zero-order valence-corrected chi connectivity index (χ0v) is 11.6. The fourth-order valence-corrected chi connectivity index (χ4v) is 2.94. The molecular weight excluding hydrogens is 254 g/mol. The third-order valence-electron chi connectivity index (χ3n) is 3.03. The van der Waals surface area contributed by atoms with Crippen molar-refractivity contribution in [3.63, 3.8) is 0 Å². The molecule has 0 aliphatic rings. The maximum absolute atomic E-state index is 4.58. The minimum absolute atomic E-state index is 0.901. The van der Waals surface area contributed by atoms with Crippen molar-refractivity contribution in [2.45, 2.75) is 13.3 Å². The van der Waals surface area contributed by atoms with E-state index in [-0.39, 0.29) is 0 Å². The molecule has 4 heteroatoms. The van der Waals surface area contributed by atoms with Crippen LogP contribution in [-0.4, -0.2) is 16.5 Å². The molecule has 2 aromatic heterocycles. The van der Waals surface area contributed by atoms with E-state index in [1.807, 2.05) is 18.5 Å². The lowest BCUT2D eigenvalue weighted by Gasteiger charge is -2.07. The van der Waals surface area contributed by atoms with Crippen LogP contribution >= 0.6 is 11.3 Å². The van der Waals surface area contributed by atoms with E-state index in [1.54, 1.807) is 11.3 Å².